The van der Waals surface area contributed by atoms with Crippen molar-refractivity contribution in [3.05, 3.63) is 99.2 Å². The molecule has 164 valence electrons. The molecule has 0 saturated heterocycles. The van der Waals surface area contributed by atoms with Crippen molar-refractivity contribution in [3.63, 3.8) is 0 Å². The fourth-order valence-corrected chi connectivity index (χ4v) is 4.41. The number of hydrogen-bond acceptors (Lipinski definition) is 3. The van der Waals surface area contributed by atoms with Crippen molar-refractivity contribution in [2.75, 3.05) is 5.32 Å². The summed E-state index contributed by atoms with van der Waals surface area (Å²) in [4.78, 5) is 9.93. The van der Waals surface area contributed by atoms with Crippen LogP contribution in [0.4, 0.5) is 11.4 Å². The maximum Gasteiger partial charge on any atom is 0.0900 e. The molecule has 33 heavy (non-hydrogen) atoms. The molecule has 4 nitrogen and oxygen atoms in total. The van der Waals surface area contributed by atoms with E-state index in [0.29, 0.717) is 0 Å². The van der Waals surface area contributed by atoms with Crippen LogP contribution in [0.1, 0.15) is 13.8 Å². The van der Waals surface area contributed by atoms with Gasteiger partial charge in [-0.15, -0.1) is 0 Å². The first-order chi connectivity index (χ1) is 16.0. The molecule has 1 aliphatic carbocycles. The molecule has 1 aliphatic heterocycles. The Bertz CT molecular complexity index is 1470. The van der Waals surface area contributed by atoms with E-state index in [0.717, 1.165) is 53.8 Å². The van der Waals surface area contributed by atoms with E-state index in [4.69, 9.17) is 9.98 Å². The molecule has 0 fully saturated rings. The lowest BCUT2D eigenvalue weighted by Gasteiger charge is -2.20. The Balaban J connectivity index is 1.80. The Morgan fingerprint density at radius 3 is 2.21 bits per heavy atom. The summed E-state index contributed by atoms with van der Waals surface area (Å²) in [7, 11) is 0. The standard InChI is InChI=1S/C27H22Br2N4/c1-17(2)30-24-16-27-25(15-23(24)31-20-11-7-18(28)8-12-20)32-22-5-3-4-6-26(22)33(27)21-13-9-19(29)10-14-21/h3-17,31H,1-2H3/b30-24+. The molecule has 1 N–H and O–H groups in total. The lowest BCUT2D eigenvalue weighted by atomic mass is 10.1. The fourth-order valence-electron chi connectivity index (χ4n) is 3.88. The third kappa shape index (κ3) is 4.59. The summed E-state index contributed by atoms with van der Waals surface area (Å²) >= 11 is 7.06. The number of rotatable bonds is 4. The number of nitrogens with one attached hydrogen (secondary N) is 1. The quantitative estimate of drug-likeness (QED) is 0.228. The highest BCUT2D eigenvalue weighted by Crippen LogP contribution is 2.31. The van der Waals surface area contributed by atoms with Gasteiger partial charge in [0, 0.05) is 26.4 Å². The molecule has 6 heteroatoms. The lowest BCUT2D eigenvalue weighted by Crippen LogP contribution is -2.16. The largest absolute Gasteiger partial charge is 0.354 e. The zero-order valence-corrected chi connectivity index (χ0v) is 21.4. The Morgan fingerprint density at radius 1 is 0.848 bits per heavy atom. The second-order valence-corrected chi connectivity index (χ2v) is 9.96. The van der Waals surface area contributed by atoms with Crippen LogP contribution in [-0.4, -0.2) is 15.6 Å². The first-order valence-electron chi connectivity index (χ1n) is 10.8. The molecule has 0 aromatic heterocycles. The number of aromatic nitrogens is 2. The summed E-state index contributed by atoms with van der Waals surface area (Å²) in [5.74, 6) is 0. The summed E-state index contributed by atoms with van der Waals surface area (Å²) in [5, 5.41) is 4.45. The highest BCUT2D eigenvalue weighted by Gasteiger charge is 2.16. The van der Waals surface area contributed by atoms with Crippen molar-refractivity contribution in [1.29, 1.82) is 0 Å². The van der Waals surface area contributed by atoms with E-state index < -0.39 is 0 Å². The summed E-state index contributed by atoms with van der Waals surface area (Å²) in [6.07, 6.45) is 0. The molecule has 0 atom stereocenters. The molecule has 3 aromatic carbocycles. The fraction of sp³-hybridized carbons (Fsp3) is 0.111. The van der Waals surface area contributed by atoms with Crippen LogP contribution in [0.2, 0.25) is 0 Å². The normalized spacial score (nSPS) is 12.1. The number of fused-ring (bicyclic) bond motifs is 2. The molecule has 0 spiro atoms. The maximum atomic E-state index is 5.00. The number of halogens is 2. The van der Waals surface area contributed by atoms with Crippen LogP contribution in [0.3, 0.4) is 0 Å². The number of anilines is 2. The predicted octanol–water partition coefficient (Wildman–Crippen LogP) is 7.71. The van der Waals surface area contributed by atoms with Gasteiger partial charge >= 0.3 is 0 Å². The summed E-state index contributed by atoms with van der Waals surface area (Å²) in [6.45, 7) is 4.18. The minimum Gasteiger partial charge on any atom is -0.354 e. The van der Waals surface area contributed by atoms with Gasteiger partial charge in [-0.25, -0.2) is 4.98 Å². The Labute approximate surface area is 209 Å². The molecule has 0 unspecified atom stereocenters. The van der Waals surface area contributed by atoms with Crippen molar-refractivity contribution in [1.82, 2.24) is 9.55 Å². The Kier molecular flexibility index (Phi) is 6.04. The minimum atomic E-state index is 0.155. The van der Waals surface area contributed by atoms with E-state index in [1.807, 2.05) is 36.4 Å². The van der Waals surface area contributed by atoms with Gasteiger partial charge in [0.05, 0.1) is 33.5 Å². The highest BCUT2D eigenvalue weighted by atomic mass is 79.9. The molecule has 3 aromatic rings. The van der Waals surface area contributed by atoms with Gasteiger partial charge in [0.15, 0.2) is 0 Å². The first kappa shape index (κ1) is 21.9. The molecular formula is C27H22Br2N4. The van der Waals surface area contributed by atoms with E-state index >= 15 is 0 Å². The van der Waals surface area contributed by atoms with Crippen molar-refractivity contribution in [3.8, 4) is 17.1 Å². The van der Waals surface area contributed by atoms with Gasteiger partial charge in [0.25, 0.3) is 0 Å². The van der Waals surface area contributed by atoms with Gasteiger partial charge in [-0.2, -0.15) is 0 Å². The number of hydrogen-bond donors (Lipinski definition) is 1. The summed E-state index contributed by atoms with van der Waals surface area (Å²) < 4.78 is 4.35. The van der Waals surface area contributed by atoms with Crippen LogP contribution in [-0.2, 0) is 0 Å². The molecule has 0 radical (unpaired) electrons. The molecule has 0 bridgehead atoms. The third-order valence-electron chi connectivity index (χ3n) is 5.30. The average Bonchev–Trinajstić information content (AvgIpc) is 2.80. The van der Waals surface area contributed by atoms with Crippen molar-refractivity contribution >= 4 is 54.3 Å². The number of benzene rings is 4. The lowest BCUT2D eigenvalue weighted by molar-refractivity contribution is 0.806. The smallest absolute Gasteiger partial charge is 0.0900 e. The number of para-hydroxylation sites is 2. The second kappa shape index (κ2) is 9.12. The van der Waals surface area contributed by atoms with E-state index in [9.17, 15) is 0 Å². The van der Waals surface area contributed by atoms with Gasteiger partial charge in [0.2, 0.25) is 0 Å². The van der Waals surface area contributed by atoms with E-state index in [1.165, 1.54) is 0 Å². The molecule has 2 aliphatic rings. The van der Waals surface area contributed by atoms with Crippen LogP contribution >= 0.6 is 31.9 Å². The van der Waals surface area contributed by atoms with Crippen LogP contribution < -0.4 is 10.7 Å². The maximum absolute atomic E-state index is 5.00. The summed E-state index contributed by atoms with van der Waals surface area (Å²) in [6, 6.07) is 29.1. The Hall–Kier alpha value is -2.96. The highest BCUT2D eigenvalue weighted by molar-refractivity contribution is 9.10. The van der Waals surface area contributed by atoms with E-state index in [-0.39, 0.29) is 6.04 Å². The SMILES string of the molecule is CC(C)/N=c1\cc2n(-c3ccc(Br)cc3)c3ccccc3nc-2cc1Nc1ccc(Br)cc1. The zero-order chi connectivity index (χ0) is 22.9. The average molecular weight is 562 g/mol. The van der Waals surface area contributed by atoms with Gasteiger partial charge in [-0.1, -0.05) is 44.0 Å². The molecular weight excluding hydrogens is 540 g/mol. The molecule has 0 saturated carbocycles. The van der Waals surface area contributed by atoms with Crippen LogP contribution in [0.25, 0.3) is 28.1 Å². The van der Waals surface area contributed by atoms with Gasteiger partial charge < -0.3 is 9.88 Å². The van der Waals surface area contributed by atoms with Gasteiger partial charge in [-0.05, 0) is 86.6 Å². The monoisotopic (exact) mass is 560 g/mol. The molecule has 1 heterocycles. The number of nitrogens with zero attached hydrogens (tertiary/aromatic N) is 3. The predicted molar refractivity (Wildman–Crippen MR) is 144 cm³/mol. The van der Waals surface area contributed by atoms with E-state index in [1.54, 1.807) is 0 Å². The molecule has 0 amide bonds. The van der Waals surface area contributed by atoms with Gasteiger partial charge in [0.1, 0.15) is 0 Å². The topological polar surface area (TPSA) is 42.2 Å². The first-order valence-corrected chi connectivity index (χ1v) is 12.3. The summed E-state index contributed by atoms with van der Waals surface area (Å²) in [5.41, 5.74) is 6.91. The van der Waals surface area contributed by atoms with Gasteiger partial charge in [-0.3, -0.25) is 4.99 Å². The van der Waals surface area contributed by atoms with Crippen molar-refractivity contribution < 1.29 is 0 Å². The van der Waals surface area contributed by atoms with Crippen molar-refractivity contribution in [2.45, 2.75) is 19.9 Å². The van der Waals surface area contributed by atoms with E-state index in [2.05, 4.69) is 104 Å². The molecule has 5 rings (SSSR count). The van der Waals surface area contributed by atoms with Crippen molar-refractivity contribution in [2.24, 2.45) is 4.99 Å². The van der Waals surface area contributed by atoms with Crippen LogP contribution in [0.5, 0.6) is 0 Å². The second-order valence-electron chi connectivity index (χ2n) is 8.13. The Morgan fingerprint density at radius 2 is 1.52 bits per heavy atom. The minimum absolute atomic E-state index is 0.155. The zero-order valence-electron chi connectivity index (χ0n) is 18.3. The van der Waals surface area contributed by atoms with Crippen LogP contribution in [0, 0.1) is 0 Å². The third-order valence-corrected chi connectivity index (χ3v) is 6.36. The van der Waals surface area contributed by atoms with Crippen LogP contribution in [0.15, 0.2) is 98.9 Å².